The zero-order chi connectivity index (χ0) is 16.2. The lowest BCUT2D eigenvalue weighted by molar-refractivity contribution is 0.0118. The third-order valence-corrected chi connectivity index (χ3v) is 3.14. The van der Waals surface area contributed by atoms with Gasteiger partial charge in [0.15, 0.2) is 6.29 Å². The third kappa shape index (κ3) is 4.68. The van der Waals surface area contributed by atoms with Gasteiger partial charge in [0.25, 0.3) is 0 Å². The van der Waals surface area contributed by atoms with E-state index in [-0.39, 0.29) is 23.9 Å². The fourth-order valence-corrected chi connectivity index (χ4v) is 2.11. The Kier molecular flexibility index (Phi) is 4.95. The zero-order valence-electron chi connectivity index (χ0n) is 13.1. The molecular weight excluding hydrogens is 286 g/mol. The van der Waals surface area contributed by atoms with Gasteiger partial charge in [-0.05, 0) is 26.8 Å². The first-order valence-corrected chi connectivity index (χ1v) is 7.30. The van der Waals surface area contributed by atoms with Gasteiger partial charge in [-0.15, -0.1) is 0 Å². The average Bonchev–Trinajstić information content (AvgIpc) is 2.46. The second-order valence-electron chi connectivity index (χ2n) is 6.17. The first-order valence-electron chi connectivity index (χ1n) is 7.30. The molecule has 1 aliphatic rings. The summed E-state index contributed by atoms with van der Waals surface area (Å²) in [7, 11) is 0. The van der Waals surface area contributed by atoms with Crippen LogP contribution in [0.3, 0.4) is 0 Å². The van der Waals surface area contributed by atoms with Crippen LogP contribution in [0.1, 0.15) is 44.1 Å². The van der Waals surface area contributed by atoms with E-state index in [0.717, 1.165) is 0 Å². The highest BCUT2D eigenvalue weighted by Gasteiger charge is 2.27. The monoisotopic (exact) mass is 307 g/mol. The number of likely N-dealkylation sites (tertiary alicyclic amines) is 1. The van der Waals surface area contributed by atoms with Crippen LogP contribution in [0.25, 0.3) is 0 Å². The smallest absolute Gasteiger partial charge is 0.410 e. The number of nitrogens with zero attached hydrogens (tertiary/aromatic N) is 3. The number of rotatable bonds is 3. The van der Waals surface area contributed by atoms with Crippen molar-refractivity contribution in [1.82, 2.24) is 14.9 Å². The molecule has 0 unspecified atom stereocenters. The summed E-state index contributed by atoms with van der Waals surface area (Å²) >= 11 is 0. The van der Waals surface area contributed by atoms with Crippen molar-refractivity contribution < 1.29 is 19.1 Å². The Labute approximate surface area is 129 Å². The summed E-state index contributed by atoms with van der Waals surface area (Å²) in [6, 6.07) is 1.71. The number of aldehydes is 1. The summed E-state index contributed by atoms with van der Waals surface area (Å²) in [5, 5.41) is 0. The highest BCUT2D eigenvalue weighted by Crippen LogP contribution is 2.18. The number of aromatic nitrogens is 2. The Morgan fingerprint density at radius 1 is 1.36 bits per heavy atom. The lowest BCUT2D eigenvalue weighted by Crippen LogP contribution is -2.44. The highest BCUT2D eigenvalue weighted by molar-refractivity contribution is 5.71. The quantitative estimate of drug-likeness (QED) is 0.795. The molecule has 1 saturated heterocycles. The van der Waals surface area contributed by atoms with Gasteiger partial charge in [0.2, 0.25) is 0 Å². The predicted octanol–water partition coefficient (Wildman–Crippen LogP) is 2.07. The molecule has 1 fully saturated rings. The Morgan fingerprint density at radius 2 is 2.05 bits per heavy atom. The van der Waals surface area contributed by atoms with Crippen LogP contribution in [0.5, 0.6) is 6.01 Å². The summed E-state index contributed by atoms with van der Waals surface area (Å²) < 4.78 is 11.0. The molecular formula is C15H21N3O4. The van der Waals surface area contributed by atoms with Crippen molar-refractivity contribution in [2.75, 3.05) is 13.1 Å². The van der Waals surface area contributed by atoms with Crippen LogP contribution in [-0.2, 0) is 4.74 Å². The molecule has 0 saturated carbocycles. The summed E-state index contributed by atoms with van der Waals surface area (Å²) in [5.41, 5.74) is -0.204. The van der Waals surface area contributed by atoms with Crippen LogP contribution < -0.4 is 4.74 Å². The van der Waals surface area contributed by atoms with Crippen LogP contribution in [0.2, 0.25) is 0 Å². The lowest BCUT2D eigenvalue weighted by Gasteiger charge is -2.33. The summed E-state index contributed by atoms with van der Waals surface area (Å²) in [6.45, 7) is 6.66. The Hall–Kier alpha value is -2.18. The van der Waals surface area contributed by atoms with E-state index in [1.807, 2.05) is 20.8 Å². The molecule has 120 valence electrons. The number of carbonyl (C=O) groups is 2. The molecule has 2 rings (SSSR count). The second-order valence-corrected chi connectivity index (χ2v) is 6.17. The Bertz CT molecular complexity index is 534. The number of carbonyl (C=O) groups excluding carboxylic acids is 2. The Balaban J connectivity index is 1.84. The molecule has 1 aromatic heterocycles. The summed E-state index contributed by atoms with van der Waals surface area (Å²) in [5.74, 6) is 0. The molecule has 1 aliphatic heterocycles. The van der Waals surface area contributed by atoms with Crippen molar-refractivity contribution in [1.29, 1.82) is 0 Å². The van der Waals surface area contributed by atoms with Crippen LogP contribution in [0.4, 0.5) is 4.79 Å². The van der Waals surface area contributed by atoms with Gasteiger partial charge in [0.1, 0.15) is 17.4 Å². The molecule has 1 aromatic rings. The number of ether oxygens (including phenoxy) is 2. The van der Waals surface area contributed by atoms with E-state index in [1.54, 1.807) is 4.90 Å². The number of amides is 1. The topological polar surface area (TPSA) is 81.6 Å². The van der Waals surface area contributed by atoms with E-state index in [1.165, 1.54) is 12.3 Å². The predicted molar refractivity (Wildman–Crippen MR) is 78.9 cm³/mol. The molecule has 0 aliphatic carbocycles. The largest absolute Gasteiger partial charge is 0.460 e. The second kappa shape index (κ2) is 6.72. The number of hydrogen-bond acceptors (Lipinski definition) is 6. The van der Waals surface area contributed by atoms with E-state index in [0.29, 0.717) is 32.2 Å². The molecule has 22 heavy (non-hydrogen) atoms. The minimum absolute atomic E-state index is 0.0689. The van der Waals surface area contributed by atoms with Gasteiger partial charge in [0, 0.05) is 32.1 Å². The molecule has 7 nitrogen and oxygen atoms in total. The van der Waals surface area contributed by atoms with Crippen LogP contribution in [0.15, 0.2) is 12.3 Å². The first-order chi connectivity index (χ1) is 10.4. The van der Waals surface area contributed by atoms with E-state index in [2.05, 4.69) is 9.97 Å². The maximum Gasteiger partial charge on any atom is 0.410 e. The number of hydrogen-bond donors (Lipinski definition) is 0. The van der Waals surface area contributed by atoms with Gasteiger partial charge >= 0.3 is 12.1 Å². The van der Waals surface area contributed by atoms with Crippen LogP contribution in [0, 0.1) is 0 Å². The van der Waals surface area contributed by atoms with Crippen molar-refractivity contribution in [3.05, 3.63) is 18.0 Å². The van der Waals surface area contributed by atoms with Crippen molar-refractivity contribution in [2.24, 2.45) is 0 Å². The molecule has 7 heteroatoms. The lowest BCUT2D eigenvalue weighted by atomic mass is 10.1. The van der Waals surface area contributed by atoms with Crippen molar-refractivity contribution in [3.8, 4) is 6.01 Å². The van der Waals surface area contributed by atoms with Gasteiger partial charge < -0.3 is 14.4 Å². The van der Waals surface area contributed by atoms with E-state index in [4.69, 9.17) is 9.47 Å². The average molecular weight is 307 g/mol. The summed E-state index contributed by atoms with van der Waals surface area (Å²) in [6.07, 6.45) is 3.12. The highest BCUT2D eigenvalue weighted by atomic mass is 16.6. The minimum atomic E-state index is -0.493. The molecule has 0 atom stereocenters. The van der Waals surface area contributed by atoms with Gasteiger partial charge in [0.05, 0.1) is 0 Å². The van der Waals surface area contributed by atoms with Gasteiger partial charge in [-0.2, -0.15) is 4.98 Å². The fourth-order valence-electron chi connectivity index (χ4n) is 2.11. The fraction of sp³-hybridized carbons (Fsp3) is 0.600. The van der Waals surface area contributed by atoms with Crippen LogP contribution in [-0.4, -0.2) is 52.0 Å². The molecule has 1 amide bonds. The maximum absolute atomic E-state index is 12.0. The van der Waals surface area contributed by atoms with E-state index >= 15 is 0 Å². The third-order valence-electron chi connectivity index (χ3n) is 3.14. The molecule has 2 heterocycles. The summed E-state index contributed by atoms with van der Waals surface area (Å²) in [4.78, 5) is 32.3. The van der Waals surface area contributed by atoms with Crippen molar-refractivity contribution >= 4 is 12.4 Å². The van der Waals surface area contributed by atoms with E-state index in [9.17, 15) is 9.59 Å². The first kappa shape index (κ1) is 16.2. The van der Waals surface area contributed by atoms with Gasteiger partial charge in [-0.3, -0.25) is 4.79 Å². The molecule has 0 bridgehead atoms. The normalized spacial score (nSPS) is 16.2. The number of piperidine rings is 1. The molecule has 0 aromatic carbocycles. The van der Waals surface area contributed by atoms with Crippen molar-refractivity contribution in [3.63, 3.8) is 0 Å². The molecule has 0 radical (unpaired) electrons. The van der Waals surface area contributed by atoms with Crippen molar-refractivity contribution in [2.45, 2.75) is 45.3 Å². The Morgan fingerprint density at radius 3 is 2.64 bits per heavy atom. The molecule has 0 N–H and O–H groups in total. The SMILES string of the molecule is CC(C)(C)OC(=O)N1CCC(Oc2nccc(C=O)n2)CC1. The maximum atomic E-state index is 12.0. The standard InChI is InChI=1S/C15H21N3O4/c1-15(2,3)22-14(20)18-8-5-12(6-9-18)21-13-16-7-4-11(10-19)17-13/h4,7,10,12H,5-6,8-9H2,1-3H3. The van der Waals surface area contributed by atoms with E-state index < -0.39 is 5.60 Å². The van der Waals surface area contributed by atoms with Gasteiger partial charge in [-0.25, -0.2) is 9.78 Å². The van der Waals surface area contributed by atoms with Gasteiger partial charge in [-0.1, -0.05) is 0 Å². The zero-order valence-corrected chi connectivity index (χ0v) is 13.1. The minimum Gasteiger partial charge on any atom is -0.460 e. The molecule has 0 spiro atoms. The van der Waals surface area contributed by atoms with Crippen LogP contribution >= 0.6 is 0 Å².